The molecule has 1 nitrogen and oxygen atoms in total. The van der Waals surface area contributed by atoms with E-state index in [1.54, 1.807) is 0 Å². The predicted molar refractivity (Wildman–Crippen MR) is 73.9 cm³/mol. The van der Waals surface area contributed by atoms with Crippen molar-refractivity contribution in [2.75, 3.05) is 18.6 Å². The van der Waals surface area contributed by atoms with E-state index in [1.807, 2.05) is 30.0 Å². The van der Waals surface area contributed by atoms with Crippen LogP contribution in [-0.4, -0.2) is 18.6 Å². The summed E-state index contributed by atoms with van der Waals surface area (Å²) in [5.41, 5.74) is 1.25. The molecule has 1 N–H and O–H groups in total. The molecular weight excluding hydrogens is 294 g/mol. The summed E-state index contributed by atoms with van der Waals surface area (Å²) >= 11 is 11.3. The fourth-order valence-corrected chi connectivity index (χ4v) is 2.49. The Labute approximate surface area is 109 Å². The average molecular weight is 309 g/mol. The van der Waals surface area contributed by atoms with E-state index in [1.165, 1.54) is 17.7 Å². The molecule has 0 saturated heterocycles. The van der Waals surface area contributed by atoms with E-state index in [2.05, 4.69) is 27.5 Å². The number of thioether (sulfide) groups is 1. The van der Waals surface area contributed by atoms with Crippen molar-refractivity contribution in [1.82, 2.24) is 5.32 Å². The van der Waals surface area contributed by atoms with Crippen molar-refractivity contribution in [3.05, 3.63) is 33.3 Å². The predicted octanol–water partition coefficient (Wildman–Crippen LogP) is 3.95. The minimum Gasteiger partial charge on any atom is -0.313 e. The van der Waals surface area contributed by atoms with Crippen LogP contribution in [0.25, 0.3) is 0 Å². The van der Waals surface area contributed by atoms with Gasteiger partial charge in [0.05, 0.1) is 0 Å². The molecule has 0 aliphatic carbocycles. The van der Waals surface area contributed by atoms with E-state index in [-0.39, 0.29) is 0 Å². The van der Waals surface area contributed by atoms with Gasteiger partial charge in [-0.2, -0.15) is 11.8 Å². The molecule has 0 saturated carbocycles. The molecule has 1 rings (SSSR count). The summed E-state index contributed by atoms with van der Waals surface area (Å²) in [5.74, 6) is 1.22. The van der Waals surface area contributed by atoms with E-state index in [0.717, 1.165) is 22.6 Å². The molecule has 1 aromatic carbocycles. The van der Waals surface area contributed by atoms with Crippen molar-refractivity contribution in [2.24, 2.45) is 0 Å². The first kappa shape index (κ1) is 13.4. The van der Waals surface area contributed by atoms with Crippen molar-refractivity contribution < 1.29 is 0 Å². The van der Waals surface area contributed by atoms with Gasteiger partial charge in [0, 0.05) is 16.0 Å². The van der Waals surface area contributed by atoms with Crippen LogP contribution in [-0.2, 0) is 6.54 Å². The molecule has 0 atom stereocenters. The van der Waals surface area contributed by atoms with Crippen LogP contribution >= 0.6 is 39.3 Å². The van der Waals surface area contributed by atoms with Crippen molar-refractivity contribution in [3.8, 4) is 0 Å². The van der Waals surface area contributed by atoms with Crippen LogP contribution < -0.4 is 5.32 Å². The summed E-state index contributed by atoms with van der Waals surface area (Å²) in [4.78, 5) is 0. The quantitative estimate of drug-likeness (QED) is 0.799. The maximum absolute atomic E-state index is 5.87. The zero-order valence-electron chi connectivity index (χ0n) is 8.72. The van der Waals surface area contributed by atoms with Gasteiger partial charge in [-0.15, -0.1) is 0 Å². The summed E-state index contributed by atoms with van der Waals surface area (Å²) in [6.45, 7) is 1.96. The first-order valence-electron chi connectivity index (χ1n) is 4.87. The molecule has 0 amide bonds. The van der Waals surface area contributed by atoms with Gasteiger partial charge in [-0.3, -0.25) is 0 Å². The van der Waals surface area contributed by atoms with Gasteiger partial charge in [0.25, 0.3) is 0 Å². The van der Waals surface area contributed by atoms with E-state index in [4.69, 9.17) is 11.6 Å². The van der Waals surface area contributed by atoms with Crippen molar-refractivity contribution in [1.29, 1.82) is 0 Å². The highest BCUT2D eigenvalue weighted by atomic mass is 79.9. The number of nitrogens with one attached hydrogen (secondary N) is 1. The molecule has 0 aromatic heterocycles. The third-order valence-electron chi connectivity index (χ3n) is 2.03. The normalized spacial score (nSPS) is 10.6. The van der Waals surface area contributed by atoms with Crippen molar-refractivity contribution in [3.63, 3.8) is 0 Å². The molecule has 84 valence electrons. The van der Waals surface area contributed by atoms with Crippen LogP contribution in [0, 0.1) is 0 Å². The third kappa shape index (κ3) is 5.25. The van der Waals surface area contributed by atoms with Crippen molar-refractivity contribution >= 4 is 39.3 Å². The highest BCUT2D eigenvalue weighted by Gasteiger charge is 1.99. The second kappa shape index (κ2) is 7.55. The average Bonchev–Trinajstić information content (AvgIpc) is 2.20. The highest BCUT2D eigenvalue weighted by molar-refractivity contribution is 9.10. The fourth-order valence-electron chi connectivity index (χ4n) is 1.23. The fraction of sp³-hybridized carbons (Fsp3) is 0.455. The number of rotatable bonds is 6. The topological polar surface area (TPSA) is 12.0 Å². The summed E-state index contributed by atoms with van der Waals surface area (Å²) in [5, 5.41) is 4.18. The molecule has 4 heteroatoms. The van der Waals surface area contributed by atoms with Gasteiger partial charge in [-0.25, -0.2) is 0 Å². The Kier molecular flexibility index (Phi) is 6.73. The molecule has 0 fully saturated rings. The van der Waals surface area contributed by atoms with Gasteiger partial charge < -0.3 is 5.32 Å². The lowest BCUT2D eigenvalue weighted by molar-refractivity contribution is 0.677. The number of benzene rings is 1. The minimum atomic E-state index is 0.771. The third-order valence-corrected chi connectivity index (χ3v) is 3.70. The molecule has 15 heavy (non-hydrogen) atoms. The molecule has 0 bridgehead atoms. The second-order valence-electron chi connectivity index (χ2n) is 3.26. The van der Waals surface area contributed by atoms with E-state index in [0.29, 0.717) is 0 Å². The van der Waals surface area contributed by atoms with E-state index >= 15 is 0 Å². The van der Waals surface area contributed by atoms with Crippen LogP contribution in [0.4, 0.5) is 0 Å². The summed E-state index contributed by atoms with van der Waals surface area (Å²) < 4.78 is 1.08. The first-order valence-corrected chi connectivity index (χ1v) is 7.44. The number of halogens is 2. The Hall–Kier alpha value is 0.300. The molecule has 0 aliphatic heterocycles. The lowest BCUT2D eigenvalue weighted by Gasteiger charge is -2.06. The Morgan fingerprint density at radius 1 is 1.47 bits per heavy atom. The maximum atomic E-state index is 5.87. The SMILES string of the molecule is CSCCCNCc1ccc(Cl)cc1Br. The van der Waals surface area contributed by atoms with Gasteiger partial charge in [0.1, 0.15) is 0 Å². The molecule has 0 radical (unpaired) electrons. The zero-order valence-corrected chi connectivity index (χ0v) is 11.9. The summed E-state index contributed by atoms with van der Waals surface area (Å²) in [7, 11) is 0. The Morgan fingerprint density at radius 3 is 2.93 bits per heavy atom. The van der Waals surface area contributed by atoms with Crippen LogP contribution in [0.15, 0.2) is 22.7 Å². The Balaban J connectivity index is 2.31. The zero-order chi connectivity index (χ0) is 11.1. The van der Waals surface area contributed by atoms with Crippen LogP contribution in [0.3, 0.4) is 0 Å². The standard InChI is InChI=1S/C11H15BrClNS/c1-15-6-2-5-14-8-9-3-4-10(13)7-11(9)12/h3-4,7,14H,2,5-6,8H2,1H3. The lowest BCUT2D eigenvalue weighted by atomic mass is 10.2. The largest absolute Gasteiger partial charge is 0.313 e. The summed E-state index contributed by atoms with van der Waals surface area (Å²) in [6, 6.07) is 5.90. The smallest absolute Gasteiger partial charge is 0.0417 e. The molecule has 0 aliphatic rings. The molecule has 0 heterocycles. The van der Waals surface area contributed by atoms with Gasteiger partial charge in [-0.1, -0.05) is 33.6 Å². The van der Waals surface area contributed by atoms with Crippen LogP contribution in [0.1, 0.15) is 12.0 Å². The van der Waals surface area contributed by atoms with Gasteiger partial charge in [0.2, 0.25) is 0 Å². The molecule has 1 aromatic rings. The maximum Gasteiger partial charge on any atom is 0.0417 e. The number of hydrogen-bond acceptors (Lipinski definition) is 2. The van der Waals surface area contributed by atoms with Gasteiger partial charge in [0.15, 0.2) is 0 Å². The second-order valence-corrected chi connectivity index (χ2v) is 5.54. The minimum absolute atomic E-state index is 0.771. The van der Waals surface area contributed by atoms with Gasteiger partial charge >= 0.3 is 0 Å². The van der Waals surface area contributed by atoms with Crippen molar-refractivity contribution in [2.45, 2.75) is 13.0 Å². The van der Waals surface area contributed by atoms with E-state index < -0.39 is 0 Å². The molecule has 0 spiro atoms. The van der Waals surface area contributed by atoms with Crippen LogP contribution in [0.2, 0.25) is 5.02 Å². The Morgan fingerprint density at radius 2 is 2.27 bits per heavy atom. The lowest BCUT2D eigenvalue weighted by Crippen LogP contribution is -2.15. The van der Waals surface area contributed by atoms with Gasteiger partial charge in [-0.05, 0) is 42.7 Å². The van der Waals surface area contributed by atoms with Crippen LogP contribution in [0.5, 0.6) is 0 Å². The van der Waals surface area contributed by atoms with E-state index in [9.17, 15) is 0 Å². The first-order chi connectivity index (χ1) is 7.24. The number of hydrogen-bond donors (Lipinski definition) is 1. The molecule has 0 unspecified atom stereocenters. The highest BCUT2D eigenvalue weighted by Crippen LogP contribution is 2.21. The Bertz CT molecular complexity index is 307. The monoisotopic (exact) mass is 307 g/mol. The summed E-state index contributed by atoms with van der Waals surface area (Å²) in [6.07, 6.45) is 3.35. The molecular formula is C11H15BrClNS.